The third-order valence-electron chi connectivity index (χ3n) is 4.15. The largest absolute Gasteiger partial charge is 0.492 e. The van der Waals surface area contributed by atoms with E-state index in [1.165, 1.54) is 5.57 Å². The lowest BCUT2D eigenvalue weighted by molar-refractivity contribution is -0.137. The summed E-state index contributed by atoms with van der Waals surface area (Å²) in [5.41, 5.74) is 3.37. The van der Waals surface area contributed by atoms with Gasteiger partial charge in [-0.25, -0.2) is 4.79 Å². The quantitative estimate of drug-likeness (QED) is 0.464. The van der Waals surface area contributed by atoms with Gasteiger partial charge in [-0.3, -0.25) is 0 Å². The van der Waals surface area contributed by atoms with Crippen molar-refractivity contribution in [3.63, 3.8) is 0 Å². The summed E-state index contributed by atoms with van der Waals surface area (Å²) in [6, 6.07) is 8.09. The number of carbonyl (C=O) groups is 1. The first-order valence-electron chi connectivity index (χ1n) is 8.25. The molecule has 0 N–H and O–H groups in total. The Bertz CT molecular complexity index is 667. The predicted molar refractivity (Wildman–Crippen MR) is 91.1 cm³/mol. The fourth-order valence-electron chi connectivity index (χ4n) is 3.05. The minimum atomic E-state index is -0.261. The molecule has 1 atom stereocenters. The standard InChI is InChI=1S/C20H22O3/c1-2-22-20(21)13-15-8-4-3-5-9-16-14-23-19-11-7-6-10-17(19)18(16)12-15/h5-7,9-13,16H,2-4,8,14H2,1H3/b9-5-,15-13-,18-12+. The third kappa shape index (κ3) is 3.73. The molecule has 0 amide bonds. The van der Waals surface area contributed by atoms with E-state index in [0.29, 0.717) is 13.2 Å². The molecule has 0 bridgehead atoms. The van der Waals surface area contributed by atoms with Crippen LogP contribution >= 0.6 is 0 Å². The first-order chi connectivity index (χ1) is 11.3. The maximum atomic E-state index is 11.8. The van der Waals surface area contributed by atoms with Crippen LogP contribution in [0.4, 0.5) is 0 Å². The van der Waals surface area contributed by atoms with E-state index in [1.54, 1.807) is 6.08 Å². The van der Waals surface area contributed by atoms with Gasteiger partial charge in [0.25, 0.3) is 0 Å². The first-order valence-corrected chi connectivity index (χ1v) is 8.25. The maximum Gasteiger partial charge on any atom is 0.331 e. The third-order valence-corrected chi connectivity index (χ3v) is 4.15. The summed E-state index contributed by atoms with van der Waals surface area (Å²) in [5, 5.41) is 0. The van der Waals surface area contributed by atoms with Gasteiger partial charge >= 0.3 is 5.97 Å². The second-order valence-corrected chi connectivity index (χ2v) is 5.81. The number of allylic oxidation sites excluding steroid dienone is 3. The van der Waals surface area contributed by atoms with Crippen LogP contribution in [-0.2, 0) is 9.53 Å². The van der Waals surface area contributed by atoms with E-state index in [1.807, 2.05) is 25.1 Å². The Labute approximate surface area is 137 Å². The normalized spacial score (nSPS) is 25.5. The van der Waals surface area contributed by atoms with Crippen LogP contribution in [0.25, 0.3) is 5.57 Å². The van der Waals surface area contributed by atoms with Gasteiger partial charge in [0.2, 0.25) is 0 Å². The lowest BCUT2D eigenvalue weighted by Crippen LogP contribution is -2.18. The van der Waals surface area contributed by atoms with Crippen molar-refractivity contribution >= 4 is 11.5 Å². The number of carbonyl (C=O) groups excluding carboxylic acids is 1. The molecule has 1 aliphatic carbocycles. The van der Waals surface area contributed by atoms with Gasteiger partial charge in [0.05, 0.1) is 13.2 Å². The molecule has 0 fully saturated rings. The highest BCUT2D eigenvalue weighted by molar-refractivity contribution is 5.85. The molecule has 2 aliphatic rings. The number of hydrogen-bond donors (Lipinski definition) is 0. The van der Waals surface area contributed by atoms with E-state index in [9.17, 15) is 4.79 Å². The zero-order valence-electron chi connectivity index (χ0n) is 13.5. The zero-order valence-corrected chi connectivity index (χ0v) is 13.5. The monoisotopic (exact) mass is 310 g/mol. The lowest BCUT2D eigenvalue weighted by atomic mass is 9.88. The van der Waals surface area contributed by atoms with Crippen molar-refractivity contribution in [3.8, 4) is 5.75 Å². The van der Waals surface area contributed by atoms with E-state index < -0.39 is 0 Å². The molecule has 1 unspecified atom stereocenters. The molecule has 1 aliphatic heterocycles. The van der Waals surface area contributed by atoms with E-state index in [4.69, 9.17) is 9.47 Å². The number of para-hydroxylation sites is 1. The van der Waals surface area contributed by atoms with E-state index in [-0.39, 0.29) is 11.9 Å². The van der Waals surface area contributed by atoms with Crippen molar-refractivity contribution in [2.24, 2.45) is 5.92 Å². The minimum Gasteiger partial charge on any atom is -0.492 e. The van der Waals surface area contributed by atoms with Gasteiger partial charge in [-0.1, -0.05) is 36.4 Å². The summed E-state index contributed by atoms with van der Waals surface area (Å²) in [6.45, 7) is 2.87. The zero-order chi connectivity index (χ0) is 16.1. The summed E-state index contributed by atoms with van der Waals surface area (Å²) in [4.78, 5) is 11.8. The topological polar surface area (TPSA) is 35.5 Å². The van der Waals surface area contributed by atoms with Crippen LogP contribution in [0.2, 0.25) is 0 Å². The van der Waals surface area contributed by atoms with Crippen molar-refractivity contribution in [2.45, 2.75) is 26.2 Å². The number of rotatable bonds is 2. The minimum absolute atomic E-state index is 0.230. The molecule has 3 heteroatoms. The summed E-state index contributed by atoms with van der Waals surface area (Å²) in [6.07, 6.45) is 11.2. The summed E-state index contributed by atoms with van der Waals surface area (Å²) in [7, 11) is 0. The highest BCUT2D eigenvalue weighted by Gasteiger charge is 2.23. The Kier molecular flexibility index (Phi) is 4.96. The lowest BCUT2D eigenvalue weighted by Gasteiger charge is -2.26. The summed E-state index contributed by atoms with van der Waals surface area (Å²) < 4.78 is 11.0. The number of esters is 1. The van der Waals surface area contributed by atoms with Crippen molar-refractivity contribution in [1.82, 2.24) is 0 Å². The second-order valence-electron chi connectivity index (χ2n) is 5.81. The van der Waals surface area contributed by atoms with Gasteiger partial charge in [0, 0.05) is 17.6 Å². The molecule has 3 rings (SSSR count). The van der Waals surface area contributed by atoms with E-state index in [0.717, 1.165) is 36.1 Å². The number of hydrogen-bond acceptors (Lipinski definition) is 3. The van der Waals surface area contributed by atoms with Crippen LogP contribution in [0.5, 0.6) is 5.75 Å². The van der Waals surface area contributed by atoms with Gasteiger partial charge in [0.1, 0.15) is 5.75 Å². The van der Waals surface area contributed by atoms with E-state index in [2.05, 4.69) is 24.3 Å². The van der Waals surface area contributed by atoms with Gasteiger partial charge in [-0.05, 0) is 43.4 Å². The second kappa shape index (κ2) is 7.32. The van der Waals surface area contributed by atoms with Gasteiger partial charge in [0.15, 0.2) is 0 Å². The van der Waals surface area contributed by atoms with Crippen LogP contribution < -0.4 is 4.74 Å². The van der Waals surface area contributed by atoms with Crippen molar-refractivity contribution < 1.29 is 14.3 Å². The van der Waals surface area contributed by atoms with Gasteiger partial charge in [-0.15, -0.1) is 0 Å². The van der Waals surface area contributed by atoms with Gasteiger partial charge < -0.3 is 9.47 Å². The molecular weight excluding hydrogens is 288 g/mol. The molecular formula is C20H22O3. The van der Waals surface area contributed by atoms with Crippen LogP contribution in [0.15, 0.2) is 54.1 Å². The molecule has 0 radical (unpaired) electrons. The maximum absolute atomic E-state index is 11.8. The van der Waals surface area contributed by atoms with Crippen LogP contribution in [-0.4, -0.2) is 19.2 Å². The Balaban J connectivity index is 2.02. The average molecular weight is 310 g/mol. The highest BCUT2D eigenvalue weighted by atomic mass is 16.5. The van der Waals surface area contributed by atoms with Crippen molar-refractivity contribution in [1.29, 1.82) is 0 Å². The van der Waals surface area contributed by atoms with Gasteiger partial charge in [-0.2, -0.15) is 0 Å². The SMILES string of the molecule is CCOC(=O)/C=C1\C=C2\c3ccccc3OCC2/C=C\CCC1. The number of fused-ring (bicyclic) bond motifs is 3. The molecule has 0 spiro atoms. The van der Waals surface area contributed by atoms with Crippen LogP contribution in [0.3, 0.4) is 0 Å². The molecule has 1 aromatic carbocycles. The van der Waals surface area contributed by atoms with Crippen LogP contribution in [0.1, 0.15) is 31.7 Å². The number of ether oxygens (including phenoxy) is 2. The average Bonchev–Trinajstić information content (AvgIpc) is 2.65. The molecule has 0 aromatic heterocycles. The first kappa shape index (κ1) is 15.6. The Morgan fingerprint density at radius 2 is 2.26 bits per heavy atom. The molecule has 0 saturated heterocycles. The highest BCUT2D eigenvalue weighted by Crippen LogP contribution is 2.38. The Morgan fingerprint density at radius 1 is 1.39 bits per heavy atom. The smallest absolute Gasteiger partial charge is 0.331 e. The van der Waals surface area contributed by atoms with E-state index >= 15 is 0 Å². The molecule has 120 valence electrons. The van der Waals surface area contributed by atoms with Crippen molar-refractivity contribution in [3.05, 3.63) is 59.7 Å². The molecule has 0 saturated carbocycles. The Morgan fingerprint density at radius 3 is 3.13 bits per heavy atom. The van der Waals surface area contributed by atoms with Crippen molar-refractivity contribution in [2.75, 3.05) is 13.2 Å². The van der Waals surface area contributed by atoms with Crippen LogP contribution in [0, 0.1) is 5.92 Å². The molecule has 1 aromatic rings. The molecule has 23 heavy (non-hydrogen) atoms. The molecule has 1 heterocycles. The predicted octanol–water partition coefficient (Wildman–Crippen LogP) is 4.31. The fraction of sp³-hybridized carbons (Fsp3) is 0.350. The summed E-state index contributed by atoms with van der Waals surface area (Å²) in [5.74, 6) is 0.884. The molecule has 3 nitrogen and oxygen atoms in total. The number of benzene rings is 1. The Hall–Kier alpha value is -2.29. The summed E-state index contributed by atoms with van der Waals surface area (Å²) >= 11 is 0. The fourth-order valence-corrected chi connectivity index (χ4v) is 3.05.